The van der Waals surface area contributed by atoms with Gasteiger partial charge in [-0.2, -0.15) is 5.26 Å². The SMILES string of the molecule is CC(C)(C)OC(=O)NCC1CCC(C(=O)N2CC[C@H](c3ccccc3)[C@@H]2C(=O)Nc2ccc(C#N)c(F)c2)CC1. The number of ether oxygens (including phenoxy) is 1. The summed E-state index contributed by atoms with van der Waals surface area (Å²) in [6, 6.07) is 14.6. The number of benzene rings is 2. The van der Waals surface area contributed by atoms with Gasteiger partial charge >= 0.3 is 6.09 Å². The number of hydrogen-bond acceptors (Lipinski definition) is 5. The molecule has 3 amide bonds. The minimum atomic E-state index is -0.736. The van der Waals surface area contributed by atoms with Crippen LogP contribution in [0.3, 0.4) is 0 Å². The molecule has 2 N–H and O–H groups in total. The summed E-state index contributed by atoms with van der Waals surface area (Å²) in [5.74, 6) is -1.25. The van der Waals surface area contributed by atoms with Crippen molar-refractivity contribution in [2.75, 3.05) is 18.4 Å². The highest BCUT2D eigenvalue weighted by molar-refractivity contribution is 5.98. The van der Waals surface area contributed by atoms with Crippen LogP contribution in [-0.2, 0) is 14.3 Å². The molecule has 0 bridgehead atoms. The molecular formula is C31H37FN4O4. The minimum absolute atomic E-state index is 0.0388. The Balaban J connectivity index is 1.43. The van der Waals surface area contributed by atoms with Gasteiger partial charge in [0.1, 0.15) is 23.5 Å². The quantitative estimate of drug-likeness (QED) is 0.505. The van der Waals surface area contributed by atoms with Gasteiger partial charge in [-0.15, -0.1) is 0 Å². The van der Waals surface area contributed by atoms with Crippen molar-refractivity contribution < 1.29 is 23.5 Å². The minimum Gasteiger partial charge on any atom is -0.444 e. The number of nitrogens with one attached hydrogen (secondary N) is 2. The lowest BCUT2D eigenvalue weighted by molar-refractivity contribution is -0.141. The van der Waals surface area contributed by atoms with Crippen LogP contribution in [0.15, 0.2) is 48.5 Å². The van der Waals surface area contributed by atoms with Gasteiger partial charge in [0.05, 0.1) is 5.56 Å². The molecule has 2 aliphatic rings. The number of nitriles is 1. The van der Waals surface area contributed by atoms with E-state index in [1.165, 1.54) is 12.1 Å². The van der Waals surface area contributed by atoms with Crippen molar-refractivity contribution in [1.29, 1.82) is 5.26 Å². The lowest BCUT2D eigenvalue weighted by atomic mass is 9.81. The molecule has 4 rings (SSSR count). The zero-order chi connectivity index (χ0) is 28.9. The van der Waals surface area contributed by atoms with Gasteiger partial charge in [0.15, 0.2) is 0 Å². The summed E-state index contributed by atoms with van der Waals surface area (Å²) >= 11 is 0. The Kier molecular flexibility index (Phi) is 9.08. The Hall–Kier alpha value is -3.93. The molecule has 1 aliphatic carbocycles. The molecule has 2 aromatic rings. The van der Waals surface area contributed by atoms with E-state index < -0.39 is 23.6 Å². The number of anilines is 1. The number of likely N-dealkylation sites (tertiary alicyclic amines) is 1. The predicted octanol–water partition coefficient (Wildman–Crippen LogP) is 5.35. The molecule has 9 heteroatoms. The second-order valence-corrected chi connectivity index (χ2v) is 11.7. The first-order chi connectivity index (χ1) is 19.1. The Labute approximate surface area is 234 Å². The van der Waals surface area contributed by atoms with Crippen LogP contribution in [0.5, 0.6) is 0 Å². The maximum absolute atomic E-state index is 14.2. The highest BCUT2D eigenvalue weighted by Crippen LogP contribution is 2.38. The van der Waals surface area contributed by atoms with Crippen molar-refractivity contribution in [1.82, 2.24) is 10.2 Å². The summed E-state index contributed by atoms with van der Waals surface area (Å²) in [5.41, 5.74) is 0.555. The number of alkyl carbamates (subject to hydrolysis) is 1. The molecule has 1 aliphatic heterocycles. The number of carbonyl (C=O) groups excluding carboxylic acids is 3. The van der Waals surface area contributed by atoms with Crippen molar-refractivity contribution in [3.63, 3.8) is 0 Å². The number of rotatable bonds is 6. The maximum atomic E-state index is 14.2. The van der Waals surface area contributed by atoms with Gasteiger partial charge in [-0.1, -0.05) is 30.3 Å². The zero-order valence-electron chi connectivity index (χ0n) is 23.3. The molecule has 0 unspecified atom stereocenters. The molecule has 0 spiro atoms. The third kappa shape index (κ3) is 7.17. The topological polar surface area (TPSA) is 112 Å². The average molecular weight is 549 g/mol. The van der Waals surface area contributed by atoms with Crippen LogP contribution in [-0.4, -0.2) is 47.5 Å². The standard InChI is InChI=1S/C31H37FN4O4/c1-31(2,3)40-30(39)34-19-20-9-11-22(12-10-20)29(38)36-16-15-25(21-7-5-4-6-8-21)27(36)28(37)35-24-14-13-23(18-33)26(32)17-24/h4-8,13-14,17,20,22,25,27H,9-12,15-16,19H2,1-3H3,(H,34,39)(H,35,37)/t20?,22?,25-,27-/m1/s1. The average Bonchev–Trinajstić information content (AvgIpc) is 3.37. The van der Waals surface area contributed by atoms with E-state index in [4.69, 9.17) is 10.00 Å². The number of halogens is 1. The van der Waals surface area contributed by atoms with E-state index in [0.717, 1.165) is 24.5 Å². The fraction of sp³-hybridized carbons (Fsp3) is 0.484. The summed E-state index contributed by atoms with van der Waals surface area (Å²) in [7, 11) is 0. The Bertz CT molecular complexity index is 1260. The molecule has 2 fully saturated rings. The van der Waals surface area contributed by atoms with E-state index in [1.54, 1.807) is 11.0 Å². The summed E-state index contributed by atoms with van der Waals surface area (Å²) in [6.45, 7) is 6.42. The monoisotopic (exact) mass is 548 g/mol. The number of nitrogens with zero attached hydrogens (tertiary/aromatic N) is 2. The molecule has 40 heavy (non-hydrogen) atoms. The Morgan fingerprint density at radius 2 is 1.75 bits per heavy atom. The van der Waals surface area contributed by atoms with E-state index in [9.17, 15) is 18.8 Å². The van der Waals surface area contributed by atoms with Crippen LogP contribution in [0, 0.1) is 29.0 Å². The highest BCUT2D eigenvalue weighted by Gasteiger charge is 2.44. The van der Waals surface area contributed by atoms with Gasteiger partial charge in [0.2, 0.25) is 11.8 Å². The van der Waals surface area contributed by atoms with Crippen molar-refractivity contribution in [2.24, 2.45) is 11.8 Å². The lowest BCUT2D eigenvalue weighted by Crippen LogP contribution is -2.48. The number of hydrogen-bond donors (Lipinski definition) is 2. The van der Waals surface area contributed by atoms with Crippen LogP contribution >= 0.6 is 0 Å². The van der Waals surface area contributed by atoms with E-state index in [2.05, 4.69) is 10.6 Å². The predicted molar refractivity (Wildman–Crippen MR) is 149 cm³/mol. The Morgan fingerprint density at radius 3 is 2.38 bits per heavy atom. The van der Waals surface area contributed by atoms with Crippen LogP contribution in [0.25, 0.3) is 0 Å². The van der Waals surface area contributed by atoms with Crippen LogP contribution in [0.2, 0.25) is 0 Å². The smallest absolute Gasteiger partial charge is 0.407 e. The van der Waals surface area contributed by atoms with Crippen molar-refractivity contribution >= 4 is 23.6 Å². The fourth-order valence-corrected chi connectivity index (χ4v) is 5.70. The van der Waals surface area contributed by atoms with Crippen molar-refractivity contribution in [3.8, 4) is 6.07 Å². The first-order valence-corrected chi connectivity index (χ1v) is 13.9. The zero-order valence-corrected chi connectivity index (χ0v) is 23.3. The molecule has 8 nitrogen and oxygen atoms in total. The van der Waals surface area contributed by atoms with Gasteiger partial charge in [-0.05, 0) is 82.6 Å². The highest BCUT2D eigenvalue weighted by atomic mass is 19.1. The number of amides is 3. The Morgan fingerprint density at radius 1 is 1.05 bits per heavy atom. The summed E-state index contributed by atoms with van der Waals surface area (Å²) in [5, 5.41) is 14.6. The molecule has 2 atom stereocenters. The summed E-state index contributed by atoms with van der Waals surface area (Å²) in [4.78, 5) is 41.1. The number of carbonyl (C=O) groups is 3. The van der Waals surface area contributed by atoms with Crippen molar-refractivity contribution in [2.45, 2.75) is 70.4 Å². The maximum Gasteiger partial charge on any atom is 0.407 e. The third-order valence-corrected chi connectivity index (χ3v) is 7.66. The normalized spacial score (nSPS) is 22.7. The molecule has 2 aromatic carbocycles. The molecular weight excluding hydrogens is 511 g/mol. The van der Waals surface area contributed by atoms with Gasteiger partial charge < -0.3 is 20.3 Å². The third-order valence-electron chi connectivity index (χ3n) is 7.66. The molecule has 212 valence electrons. The van der Waals surface area contributed by atoms with E-state index in [1.807, 2.05) is 51.1 Å². The van der Waals surface area contributed by atoms with Gasteiger partial charge in [-0.25, -0.2) is 9.18 Å². The van der Waals surface area contributed by atoms with Crippen molar-refractivity contribution in [3.05, 3.63) is 65.5 Å². The second kappa shape index (κ2) is 12.5. The largest absolute Gasteiger partial charge is 0.444 e. The van der Waals surface area contributed by atoms with Gasteiger partial charge in [0.25, 0.3) is 0 Å². The van der Waals surface area contributed by atoms with Crippen LogP contribution in [0.4, 0.5) is 14.9 Å². The van der Waals surface area contributed by atoms with Gasteiger partial charge in [-0.3, -0.25) is 9.59 Å². The second-order valence-electron chi connectivity index (χ2n) is 11.7. The van der Waals surface area contributed by atoms with Crippen LogP contribution < -0.4 is 10.6 Å². The van der Waals surface area contributed by atoms with Crippen LogP contribution in [0.1, 0.15) is 69.9 Å². The fourth-order valence-electron chi connectivity index (χ4n) is 5.70. The summed E-state index contributed by atoms with van der Waals surface area (Å²) in [6.07, 6.45) is 3.16. The van der Waals surface area contributed by atoms with E-state index in [-0.39, 0.29) is 40.8 Å². The van der Waals surface area contributed by atoms with E-state index >= 15 is 0 Å². The lowest BCUT2D eigenvalue weighted by Gasteiger charge is -2.34. The van der Waals surface area contributed by atoms with Gasteiger partial charge in [0, 0.05) is 30.6 Å². The molecule has 0 aromatic heterocycles. The summed E-state index contributed by atoms with van der Waals surface area (Å²) < 4.78 is 19.5. The first-order valence-electron chi connectivity index (χ1n) is 13.9. The van der Waals surface area contributed by atoms with E-state index in [0.29, 0.717) is 32.4 Å². The molecule has 1 saturated heterocycles. The first kappa shape index (κ1) is 29.1. The molecule has 1 heterocycles. The molecule has 1 saturated carbocycles. The molecule has 0 radical (unpaired) electrons.